The molecule has 140 valence electrons. The van der Waals surface area contributed by atoms with E-state index >= 15 is 0 Å². The van der Waals surface area contributed by atoms with E-state index in [-0.39, 0.29) is 5.91 Å². The van der Waals surface area contributed by atoms with Gasteiger partial charge < -0.3 is 14.9 Å². The van der Waals surface area contributed by atoms with E-state index in [2.05, 4.69) is 10.3 Å². The number of methoxy groups -OCH3 is 1. The largest absolute Gasteiger partial charge is 0.497 e. The summed E-state index contributed by atoms with van der Waals surface area (Å²) >= 11 is 1.57. The molecule has 26 heavy (non-hydrogen) atoms. The fraction of sp³-hybridized carbons (Fsp3) is 0.474. The number of benzene rings is 1. The van der Waals surface area contributed by atoms with Gasteiger partial charge in [-0.15, -0.1) is 11.3 Å². The minimum absolute atomic E-state index is 0.0991. The minimum Gasteiger partial charge on any atom is -0.497 e. The van der Waals surface area contributed by atoms with Crippen LogP contribution >= 0.6 is 11.3 Å². The van der Waals surface area contributed by atoms with Crippen LogP contribution in [0.2, 0.25) is 0 Å². The van der Waals surface area contributed by atoms with Gasteiger partial charge in [-0.3, -0.25) is 4.79 Å². The average Bonchev–Trinajstić information content (AvgIpc) is 3.16. The number of nitrogens with one attached hydrogen (secondary N) is 1. The molecule has 7 heteroatoms. The van der Waals surface area contributed by atoms with Crippen LogP contribution in [0.3, 0.4) is 0 Å². The van der Waals surface area contributed by atoms with Gasteiger partial charge in [-0.25, -0.2) is 4.98 Å². The Morgan fingerprint density at radius 2 is 2.00 bits per heavy atom. The molecule has 0 aliphatic carbocycles. The van der Waals surface area contributed by atoms with Crippen LogP contribution < -0.4 is 10.1 Å². The highest BCUT2D eigenvalue weighted by atomic mass is 32.1. The van der Waals surface area contributed by atoms with E-state index in [1.165, 1.54) is 0 Å². The highest BCUT2D eigenvalue weighted by Crippen LogP contribution is 2.24. The van der Waals surface area contributed by atoms with Gasteiger partial charge in [-0.2, -0.15) is 5.06 Å². The number of hydrogen-bond acceptors (Lipinski definition) is 6. The van der Waals surface area contributed by atoms with Gasteiger partial charge in [-0.1, -0.05) is 0 Å². The molecule has 0 atom stereocenters. The number of aromatic nitrogens is 1. The lowest BCUT2D eigenvalue weighted by atomic mass is 9.94. The number of amides is 1. The maximum atomic E-state index is 12.2. The van der Waals surface area contributed by atoms with Crippen LogP contribution in [-0.2, 0) is 16.2 Å². The molecule has 1 N–H and O–H groups in total. The SMILES string of the molecule is COc1ccc(-c2csc(CNC(=O)CC3CCN(OC)CC3)n2)cc1. The lowest BCUT2D eigenvalue weighted by Gasteiger charge is -2.29. The Balaban J connectivity index is 1.46. The minimum atomic E-state index is 0.0991. The molecule has 1 saturated heterocycles. The summed E-state index contributed by atoms with van der Waals surface area (Å²) < 4.78 is 5.17. The molecule has 1 amide bonds. The summed E-state index contributed by atoms with van der Waals surface area (Å²) in [4.78, 5) is 22.0. The summed E-state index contributed by atoms with van der Waals surface area (Å²) in [6.45, 7) is 2.27. The third-order valence-corrected chi connectivity index (χ3v) is 5.53. The molecule has 3 rings (SSSR count). The molecule has 1 aromatic carbocycles. The van der Waals surface area contributed by atoms with Gasteiger partial charge >= 0.3 is 0 Å². The number of ether oxygens (including phenoxy) is 1. The summed E-state index contributed by atoms with van der Waals surface area (Å²) in [5.41, 5.74) is 1.97. The number of carbonyl (C=O) groups is 1. The monoisotopic (exact) mass is 375 g/mol. The van der Waals surface area contributed by atoms with Crippen LogP contribution in [0.15, 0.2) is 29.6 Å². The molecule has 1 fully saturated rings. The van der Waals surface area contributed by atoms with Crippen molar-refractivity contribution in [2.75, 3.05) is 27.3 Å². The number of piperidine rings is 1. The summed E-state index contributed by atoms with van der Waals surface area (Å²) in [7, 11) is 3.35. The first-order chi connectivity index (χ1) is 12.7. The van der Waals surface area contributed by atoms with Crippen LogP contribution in [0, 0.1) is 5.92 Å². The van der Waals surface area contributed by atoms with Gasteiger partial charge in [0.1, 0.15) is 10.8 Å². The number of hydrogen-bond donors (Lipinski definition) is 1. The molecule has 0 unspecified atom stereocenters. The predicted molar refractivity (Wildman–Crippen MR) is 102 cm³/mol. The zero-order valence-electron chi connectivity index (χ0n) is 15.2. The second kappa shape index (κ2) is 9.12. The van der Waals surface area contributed by atoms with Crippen LogP contribution in [0.5, 0.6) is 5.75 Å². The zero-order chi connectivity index (χ0) is 18.4. The average molecular weight is 375 g/mol. The third-order valence-electron chi connectivity index (χ3n) is 4.68. The highest BCUT2D eigenvalue weighted by molar-refractivity contribution is 7.09. The summed E-state index contributed by atoms with van der Waals surface area (Å²) in [5.74, 6) is 1.36. The number of carbonyl (C=O) groups excluding carboxylic acids is 1. The van der Waals surface area contributed by atoms with E-state index in [4.69, 9.17) is 9.57 Å². The predicted octanol–water partition coefficient (Wildman–Crippen LogP) is 3.10. The summed E-state index contributed by atoms with van der Waals surface area (Å²) in [5, 5.41) is 7.88. The van der Waals surface area contributed by atoms with E-state index in [9.17, 15) is 4.79 Å². The Morgan fingerprint density at radius 1 is 1.27 bits per heavy atom. The highest BCUT2D eigenvalue weighted by Gasteiger charge is 2.21. The van der Waals surface area contributed by atoms with Gasteiger partial charge in [-0.05, 0) is 43.0 Å². The van der Waals surface area contributed by atoms with E-state index in [1.54, 1.807) is 25.6 Å². The fourth-order valence-electron chi connectivity index (χ4n) is 3.09. The normalized spacial score (nSPS) is 15.8. The Labute approximate surface area is 158 Å². The van der Waals surface area contributed by atoms with Crippen LogP contribution in [0.25, 0.3) is 11.3 Å². The molecule has 1 aliphatic heterocycles. The van der Waals surface area contributed by atoms with Crippen molar-refractivity contribution in [2.45, 2.75) is 25.8 Å². The van der Waals surface area contributed by atoms with Crippen molar-refractivity contribution in [3.8, 4) is 17.0 Å². The van der Waals surface area contributed by atoms with E-state index in [0.29, 0.717) is 18.9 Å². The van der Waals surface area contributed by atoms with Gasteiger partial charge in [0.25, 0.3) is 0 Å². The number of hydroxylamine groups is 2. The Bertz CT molecular complexity index is 709. The molecular weight excluding hydrogens is 350 g/mol. The van der Waals surface area contributed by atoms with E-state index in [0.717, 1.165) is 47.9 Å². The molecule has 0 saturated carbocycles. The molecule has 0 radical (unpaired) electrons. The van der Waals surface area contributed by atoms with Crippen molar-refractivity contribution in [1.82, 2.24) is 15.4 Å². The maximum absolute atomic E-state index is 12.2. The number of thiazole rings is 1. The lowest BCUT2D eigenvalue weighted by molar-refractivity contribution is -0.149. The van der Waals surface area contributed by atoms with Crippen LogP contribution in [-0.4, -0.2) is 43.3 Å². The van der Waals surface area contributed by atoms with Crippen molar-refractivity contribution < 1.29 is 14.4 Å². The summed E-state index contributed by atoms with van der Waals surface area (Å²) in [6, 6.07) is 7.82. The smallest absolute Gasteiger partial charge is 0.220 e. The maximum Gasteiger partial charge on any atom is 0.220 e. The standard InChI is InChI=1S/C19H25N3O3S/c1-24-16-5-3-15(4-6-16)17-13-26-19(21-17)12-20-18(23)11-14-7-9-22(25-2)10-8-14/h3-6,13-14H,7-12H2,1-2H3,(H,20,23). The molecular formula is C19H25N3O3S. The molecule has 1 aromatic heterocycles. The van der Waals surface area contributed by atoms with Crippen molar-refractivity contribution in [1.29, 1.82) is 0 Å². The van der Waals surface area contributed by atoms with Crippen LogP contribution in [0.4, 0.5) is 0 Å². The lowest BCUT2D eigenvalue weighted by Crippen LogP contribution is -2.35. The van der Waals surface area contributed by atoms with E-state index in [1.807, 2.05) is 34.7 Å². The Kier molecular flexibility index (Phi) is 6.60. The van der Waals surface area contributed by atoms with Crippen molar-refractivity contribution >= 4 is 17.2 Å². The van der Waals surface area contributed by atoms with Gasteiger partial charge in [0, 0.05) is 30.5 Å². The first-order valence-electron chi connectivity index (χ1n) is 8.82. The second-order valence-electron chi connectivity index (χ2n) is 6.39. The molecule has 6 nitrogen and oxygen atoms in total. The molecule has 2 aromatic rings. The topological polar surface area (TPSA) is 63.7 Å². The molecule has 0 bridgehead atoms. The quantitative estimate of drug-likeness (QED) is 0.806. The Morgan fingerprint density at radius 3 is 2.65 bits per heavy atom. The Hall–Kier alpha value is -1.96. The van der Waals surface area contributed by atoms with Crippen molar-refractivity contribution in [3.05, 3.63) is 34.7 Å². The zero-order valence-corrected chi connectivity index (χ0v) is 16.1. The van der Waals surface area contributed by atoms with Crippen LogP contribution in [0.1, 0.15) is 24.3 Å². The first kappa shape index (κ1) is 18.8. The molecule has 0 spiro atoms. The molecule has 2 heterocycles. The first-order valence-corrected chi connectivity index (χ1v) is 9.70. The third kappa shape index (κ3) is 5.03. The summed E-state index contributed by atoms with van der Waals surface area (Å²) in [6.07, 6.45) is 2.58. The number of nitrogens with zero attached hydrogens (tertiary/aromatic N) is 2. The van der Waals surface area contributed by atoms with Gasteiger partial charge in [0.05, 0.1) is 26.5 Å². The van der Waals surface area contributed by atoms with E-state index < -0.39 is 0 Å². The fourth-order valence-corrected chi connectivity index (χ4v) is 3.83. The second-order valence-corrected chi connectivity index (χ2v) is 7.33. The van der Waals surface area contributed by atoms with Crippen molar-refractivity contribution in [3.63, 3.8) is 0 Å². The molecule has 1 aliphatic rings. The van der Waals surface area contributed by atoms with Crippen molar-refractivity contribution in [2.24, 2.45) is 5.92 Å². The number of rotatable bonds is 7. The van der Waals surface area contributed by atoms with Gasteiger partial charge in [0.2, 0.25) is 5.91 Å². The van der Waals surface area contributed by atoms with Gasteiger partial charge in [0.15, 0.2) is 0 Å².